The molecule has 1 heterocycles. The molecule has 7 heteroatoms. The molecule has 0 spiro atoms. The van der Waals surface area contributed by atoms with Crippen molar-refractivity contribution in [3.8, 4) is 5.75 Å². The fraction of sp³-hybridized carbons (Fsp3) is 0.263. The minimum absolute atomic E-state index is 0.0941. The average molecular weight is 355 g/mol. The highest BCUT2D eigenvalue weighted by Crippen LogP contribution is 2.18. The summed E-state index contributed by atoms with van der Waals surface area (Å²) in [6.07, 6.45) is -0.770. The number of aliphatic hydroxyl groups is 2. The zero-order valence-corrected chi connectivity index (χ0v) is 14.4. The predicted molar refractivity (Wildman–Crippen MR) is 97.9 cm³/mol. The molecule has 0 radical (unpaired) electrons. The standard InChI is InChI=1S/C19H21N3O4/c1-13(24)20-14-6-8-16(9-7-14)26-12-15(25)10-22-18-5-3-2-4-17(18)21-19(22)11-23/h2-9,15,23,25H,10-12H2,1H3,(H,20,24)/t15-/m0/s1. The second-order valence-corrected chi connectivity index (χ2v) is 5.96. The Kier molecular flexibility index (Phi) is 5.50. The molecule has 1 amide bonds. The largest absolute Gasteiger partial charge is 0.491 e. The number of amides is 1. The van der Waals surface area contributed by atoms with Gasteiger partial charge >= 0.3 is 0 Å². The highest BCUT2D eigenvalue weighted by Gasteiger charge is 2.14. The summed E-state index contributed by atoms with van der Waals surface area (Å²) in [7, 11) is 0. The molecule has 3 N–H and O–H groups in total. The molecule has 2 aromatic carbocycles. The number of carbonyl (C=O) groups is 1. The number of benzene rings is 2. The normalized spacial score (nSPS) is 12.1. The number of rotatable bonds is 7. The van der Waals surface area contributed by atoms with E-state index in [-0.39, 0.29) is 25.7 Å². The van der Waals surface area contributed by atoms with Crippen LogP contribution in [0, 0.1) is 0 Å². The number of nitrogens with one attached hydrogen (secondary N) is 1. The van der Waals surface area contributed by atoms with E-state index in [2.05, 4.69) is 10.3 Å². The molecule has 0 saturated heterocycles. The Balaban J connectivity index is 1.62. The summed E-state index contributed by atoms with van der Waals surface area (Å²) in [5.41, 5.74) is 2.32. The highest BCUT2D eigenvalue weighted by molar-refractivity contribution is 5.88. The maximum Gasteiger partial charge on any atom is 0.221 e. The minimum Gasteiger partial charge on any atom is -0.491 e. The number of imidazole rings is 1. The first-order chi connectivity index (χ1) is 12.6. The van der Waals surface area contributed by atoms with E-state index < -0.39 is 6.10 Å². The molecule has 3 rings (SSSR count). The molecule has 26 heavy (non-hydrogen) atoms. The molecule has 0 saturated carbocycles. The second kappa shape index (κ2) is 7.99. The molecule has 0 aliphatic carbocycles. The van der Waals surface area contributed by atoms with E-state index in [0.717, 1.165) is 11.0 Å². The van der Waals surface area contributed by atoms with Crippen LogP contribution in [0.5, 0.6) is 5.75 Å². The van der Waals surface area contributed by atoms with Crippen molar-refractivity contribution >= 4 is 22.6 Å². The Bertz CT molecular complexity index is 889. The van der Waals surface area contributed by atoms with Gasteiger partial charge in [0, 0.05) is 12.6 Å². The number of para-hydroxylation sites is 2. The number of nitrogens with zero attached hydrogens (tertiary/aromatic N) is 2. The van der Waals surface area contributed by atoms with Crippen molar-refractivity contribution in [2.75, 3.05) is 11.9 Å². The van der Waals surface area contributed by atoms with E-state index in [1.54, 1.807) is 28.8 Å². The number of fused-ring (bicyclic) bond motifs is 1. The molecule has 0 unspecified atom stereocenters. The van der Waals surface area contributed by atoms with Crippen LogP contribution in [-0.2, 0) is 17.9 Å². The van der Waals surface area contributed by atoms with Crippen LogP contribution >= 0.6 is 0 Å². The van der Waals surface area contributed by atoms with Gasteiger partial charge in [-0.1, -0.05) is 12.1 Å². The summed E-state index contributed by atoms with van der Waals surface area (Å²) in [6.45, 7) is 1.60. The average Bonchev–Trinajstić information content (AvgIpc) is 2.98. The molecular weight excluding hydrogens is 334 g/mol. The van der Waals surface area contributed by atoms with Crippen molar-refractivity contribution in [3.05, 3.63) is 54.4 Å². The van der Waals surface area contributed by atoms with Crippen LogP contribution in [0.1, 0.15) is 12.7 Å². The Morgan fingerprint density at radius 1 is 1.23 bits per heavy atom. The smallest absolute Gasteiger partial charge is 0.221 e. The first kappa shape index (κ1) is 17.9. The van der Waals surface area contributed by atoms with E-state index in [1.165, 1.54) is 6.92 Å². The molecule has 136 valence electrons. The van der Waals surface area contributed by atoms with Crippen molar-refractivity contribution in [3.63, 3.8) is 0 Å². The second-order valence-electron chi connectivity index (χ2n) is 5.96. The van der Waals surface area contributed by atoms with Crippen LogP contribution < -0.4 is 10.1 Å². The van der Waals surface area contributed by atoms with E-state index >= 15 is 0 Å². The molecule has 1 aromatic heterocycles. The zero-order valence-electron chi connectivity index (χ0n) is 14.4. The SMILES string of the molecule is CC(=O)Nc1ccc(OC[C@@H](O)Cn2c(CO)nc3ccccc32)cc1. The van der Waals surface area contributed by atoms with Gasteiger partial charge in [-0.25, -0.2) is 4.98 Å². The summed E-state index contributed by atoms with van der Waals surface area (Å²) in [6, 6.07) is 14.5. The number of ether oxygens (including phenoxy) is 1. The summed E-state index contributed by atoms with van der Waals surface area (Å²) in [5.74, 6) is 0.960. The summed E-state index contributed by atoms with van der Waals surface area (Å²) in [4.78, 5) is 15.4. The number of carbonyl (C=O) groups excluding carboxylic acids is 1. The van der Waals surface area contributed by atoms with E-state index in [9.17, 15) is 15.0 Å². The maximum atomic E-state index is 11.0. The third kappa shape index (κ3) is 4.19. The summed E-state index contributed by atoms with van der Waals surface area (Å²) >= 11 is 0. The number of hydrogen-bond acceptors (Lipinski definition) is 5. The Morgan fingerprint density at radius 2 is 1.96 bits per heavy atom. The van der Waals surface area contributed by atoms with Crippen molar-refractivity contribution in [1.82, 2.24) is 9.55 Å². The van der Waals surface area contributed by atoms with Crippen LogP contribution in [0.4, 0.5) is 5.69 Å². The summed E-state index contributed by atoms with van der Waals surface area (Å²) < 4.78 is 7.40. The van der Waals surface area contributed by atoms with Crippen LogP contribution in [0.2, 0.25) is 0 Å². The van der Waals surface area contributed by atoms with Gasteiger partial charge in [-0.3, -0.25) is 4.79 Å². The van der Waals surface area contributed by atoms with Crippen molar-refractivity contribution in [2.24, 2.45) is 0 Å². The third-order valence-electron chi connectivity index (χ3n) is 3.89. The number of aromatic nitrogens is 2. The minimum atomic E-state index is -0.770. The van der Waals surface area contributed by atoms with Gasteiger partial charge in [0.25, 0.3) is 0 Å². The van der Waals surface area contributed by atoms with Gasteiger partial charge in [-0.15, -0.1) is 0 Å². The van der Waals surface area contributed by atoms with Crippen LogP contribution in [-0.4, -0.2) is 38.4 Å². The van der Waals surface area contributed by atoms with Gasteiger partial charge in [0.05, 0.1) is 17.6 Å². The number of aliphatic hydroxyl groups excluding tert-OH is 2. The summed E-state index contributed by atoms with van der Waals surface area (Å²) in [5, 5.41) is 22.5. The van der Waals surface area contributed by atoms with Crippen molar-refractivity contribution in [2.45, 2.75) is 26.2 Å². The Labute approximate surface area is 150 Å². The van der Waals surface area contributed by atoms with E-state index in [1.807, 2.05) is 24.3 Å². The van der Waals surface area contributed by atoms with Crippen LogP contribution in [0.3, 0.4) is 0 Å². The molecular formula is C19H21N3O4. The monoisotopic (exact) mass is 355 g/mol. The lowest BCUT2D eigenvalue weighted by Crippen LogP contribution is -2.24. The molecule has 3 aromatic rings. The third-order valence-corrected chi connectivity index (χ3v) is 3.89. The van der Waals surface area contributed by atoms with Gasteiger partial charge in [0.1, 0.15) is 30.9 Å². The molecule has 0 aliphatic rings. The topological polar surface area (TPSA) is 96.6 Å². The van der Waals surface area contributed by atoms with Gasteiger partial charge < -0.3 is 24.8 Å². The van der Waals surface area contributed by atoms with Gasteiger partial charge in [-0.2, -0.15) is 0 Å². The van der Waals surface area contributed by atoms with E-state index in [0.29, 0.717) is 17.3 Å². The van der Waals surface area contributed by atoms with Crippen molar-refractivity contribution < 1.29 is 19.7 Å². The Hall–Kier alpha value is -2.90. The number of anilines is 1. The van der Waals surface area contributed by atoms with Crippen LogP contribution in [0.25, 0.3) is 11.0 Å². The molecule has 0 aliphatic heterocycles. The van der Waals surface area contributed by atoms with E-state index in [4.69, 9.17) is 4.74 Å². The Morgan fingerprint density at radius 3 is 2.65 bits per heavy atom. The fourth-order valence-electron chi connectivity index (χ4n) is 2.74. The highest BCUT2D eigenvalue weighted by atomic mass is 16.5. The first-order valence-electron chi connectivity index (χ1n) is 8.30. The van der Waals surface area contributed by atoms with Gasteiger partial charge in [-0.05, 0) is 36.4 Å². The maximum absolute atomic E-state index is 11.0. The van der Waals surface area contributed by atoms with Gasteiger partial charge in [0.2, 0.25) is 5.91 Å². The first-order valence-corrected chi connectivity index (χ1v) is 8.30. The lowest BCUT2D eigenvalue weighted by molar-refractivity contribution is -0.114. The van der Waals surface area contributed by atoms with Gasteiger partial charge in [0.15, 0.2) is 0 Å². The predicted octanol–water partition coefficient (Wildman–Crippen LogP) is 1.93. The van der Waals surface area contributed by atoms with Crippen LogP contribution in [0.15, 0.2) is 48.5 Å². The molecule has 0 bridgehead atoms. The zero-order chi connectivity index (χ0) is 18.5. The molecule has 7 nitrogen and oxygen atoms in total. The lowest BCUT2D eigenvalue weighted by atomic mass is 10.3. The molecule has 1 atom stereocenters. The molecule has 0 fully saturated rings. The fourth-order valence-corrected chi connectivity index (χ4v) is 2.74. The quantitative estimate of drug-likeness (QED) is 0.602. The van der Waals surface area contributed by atoms with Crippen molar-refractivity contribution in [1.29, 1.82) is 0 Å². The lowest BCUT2D eigenvalue weighted by Gasteiger charge is -2.15. The number of hydrogen-bond donors (Lipinski definition) is 3.